The van der Waals surface area contributed by atoms with Crippen LogP contribution in [0.3, 0.4) is 0 Å². The van der Waals surface area contributed by atoms with Crippen molar-refractivity contribution in [1.82, 2.24) is 9.55 Å². The van der Waals surface area contributed by atoms with Crippen molar-refractivity contribution in [2.75, 3.05) is 12.8 Å². The molecule has 0 saturated carbocycles. The summed E-state index contributed by atoms with van der Waals surface area (Å²) in [7, 11) is 1.58. The van der Waals surface area contributed by atoms with E-state index in [9.17, 15) is 5.26 Å². The van der Waals surface area contributed by atoms with Gasteiger partial charge >= 0.3 is 0 Å². The van der Waals surface area contributed by atoms with Gasteiger partial charge in [-0.15, -0.1) is 0 Å². The number of pyridine rings is 1. The van der Waals surface area contributed by atoms with Crippen molar-refractivity contribution >= 4 is 16.7 Å². The highest BCUT2D eigenvalue weighted by Gasteiger charge is 2.24. The Bertz CT molecular complexity index is 1030. The quantitative estimate of drug-likeness (QED) is 0.788. The molecule has 3 aromatic rings. The fourth-order valence-corrected chi connectivity index (χ4v) is 3.27. The highest BCUT2D eigenvalue weighted by atomic mass is 19.1. The van der Waals surface area contributed by atoms with Gasteiger partial charge < -0.3 is 10.5 Å². The number of benzene rings is 1. The van der Waals surface area contributed by atoms with Crippen molar-refractivity contribution in [2.45, 2.75) is 27.2 Å². The Balaban J connectivity index is 2.54. The van der Waals surface area contributed by atoms with Crippen LogP contribution in [0.25, 0.3) is 16.6 Å². The molecule has 0 amide bonds. The minimum Gasteiger partial charge on any atom is -0.496 e. The second-order valence-corrected chi connectivity index (χ2v) is 5.90. The standard InChI is InChI=1S/C19H19FN4O/c1-5-14-16(20)18-13(9-23-14)12(8-21)19(22)24(18)17-10(2)6-7-15(25-4)11(17)3/h6-7,9H,5,22H2,1-4H3. The smallest absolute Gasteiger partial charge is 0.169 e. The molecule has 0 unspecified atom stereocenters. The van der Waals surface area contributed by atoms with Crippen molar-refractivity contribution in [3.8, 4) is 17.5 Å². The molecular weight excluding hydrogens is 319 g/mol. The van der Waals surface area contributed by atoms with Crippen LogP contribution in [-0.2, 0) is 6.42 Å². The summed E-state index contributed by atoms with van der Waals surface area (Å²) in [5.74, 6) is 0.422. The highest BCUT2D eigenvalue weighted by Crippen LogP contribution is 2.37. The number of nitriles is 1. The molecule has 3 rings (SSSR count). The van der Waals surface area contributed by atoms with Crippen LogP contribution >= 0.6 is 0 Å². The zero-order valence-electron chi connectivity index (χ0n) is 14.6. The molecule has 1 aromatic carbocycles. The number of rotatable bonds is 3. The van der Waals surface area contributed by atoms with E-state index in [2.05, 4.69) is 11.1 Å². The van der Waals surface area contributed by atoms with Gasteiger partial charge in [-0.3, -0.25) is 9.55 Å². The summed E-state index contributed by atoms with van der Waals surface area (Å²) < 4.78 is 22.1. The van der Waals surface area contributed by atoms with Crippen molar-refractivity contribution in [1.29, 1.82) is 5.26 Å². The van der Waals surface area contributed by atoms with Crippen LogP contribution in [0.4, 0.5) is 10.2 Å². The van der Waals surface area contributed by atoms with Gasteiger partial charge in [-0.25, -0.2) is 4.39 Å². The molecule has 0 aliphatic heterocycles. The first-order valence-corrected chi connectivity index (χ1v) is 7.98. The molecule has 0 atom stereocenters. The lowest BCUT2D eigenvalue weighted by atomic mass is 10.1. The molecule has 5 nitrogen and oxygen atoms in total. The first kappa shape index (κ1) is 16.8. The Morgan fingerprint density at radius 1 is 1.36 bits per heavy atom. The van der Waals surface area contributed by atoms with E-state index >= 15 is 4.39 Å². The lowest BCUT2D eigenvalue weighted by Gasteiger charge is -2.17. The van der Waals surface area contributed by atoms with E-state index in [0.29, 0.717) is 23.3 Å². The van der Waals surface area contributed by atoms with Gasteiger partial charge in [0, 0.05) is 17.1 Å². The number of fused-ring (bicyclic) bond motifs is 1. The summed E-state index contributed by atoms with van der Waals surface area (Å²) in [4.78, 5) is 4.14. The molecule has 0 aliphatic rings. The summed E-state index contributed by atoms with van der Waals surface area (Å²) in [5, 5.41) is 9.93. The number of halogens is 1. The number of aryl methyl sites for hydroxylation is 2. The number of hydrogen-bond donors (Lipinski definition) is 1. The maximum atomic E-state index is 15.1. The highest BCUT2D eigenvalue weighted by molar-refractivity contribution is 5.94. The maximum Gasteiger partial charge on any atom is 0.169 e. The topological polar surface area (TPSA) is 76.9 Å². The molecule has 2 heterocycles. The average molecular weight is 338 g/mol. The molecule has 2 N–H and O–H groups in total. The molecule has 0 radical (unpaired) electrons. The molecule has 0 fully saturated rings. The van der Waals surface area contributed by atoms with Crippen LogP contribution in [-0.4, -0.2) is 16.7 Å². The second kappa shape index (κ2) is 6.10. The Labute approximate surface area is 145 Å². The van der Waals surface area contributed by atoms with Crippen LogP contribution in [0.5, 0.6) is 5.75 Å². The molecule has 128 valence electrons. The summed E-state index contributed by atoms with van der Waals surface area (Å²) in [6.07, 6.45) is 1.97. The third-order valence-corrected chi connectivity index (χ3v) is 4.53. The Hall–Kier alpha value is -3.07. The largest absolute Gasteiger partial charge is 0.496 e. The van der Waals surface area contributed by atoms with Gasteiger partial charge in [0.2, 0.25) is 0 Å². The van der Waals surface area contributed by atoms with E-state index in [1.54, 1.807) is 11.7 Å². The first-order chi connectivity index (χ1) is 12.0. The maximum absolute atomic E-state index is 15.1. The number of anilines is 1. The number of nitrogens with two attached hydrogens (primary N) is 1. The summed E-state index contributed by atoms with van der Waals surface area (Å²) in [6, 6.07) is 5.82. The molecule has 25 heavy (non-hydrogen) atoms. The van der Waals surface area contributed by atoms with Crippen LogP contribution in [0, 0.1) is 31.0 Å². The van der Waals surface area contributed by atoms with Gasteiger partial charge in [0.05, 0.1) is 24.0 Å². The number of ether oxygens (including phenoxy) is 1. The van der Waals surface area contributed by atoms with Gasteiger partial charge in [0.15, 0.2) is 5.82 Å². The minimum atomic E-state index is -0.449. The molecule has 6 heteroatoms. The number of nitrogen functional groups attached to an aromatic ring is 1. The van der Waals surface area contributed by atoms with E-state index in [0.717, 1.165) is 16.8 Å². The summed E-state index contributed by atoms with van der Waals surface area (Å²) >= 11 is 0. The average Bonchev–Trinajstić information content (AvgIpc) is 2.88. The van der Waals surface area contributed by atoms with Crippen molar-refractivity contribution in [3.63, 3.8) is 0 Å². The zero-order chi connectivity index (χ0) is 18.3. The SMILES string of the molecule is CCc1ncc2c(C#N)c(N)n(-c3c(C)ccc(OC)c3C)c2c1F. The van der Waals surface area contributed by atoms with Gasteiger partial charge in [-0.1, -0.05) is 13.0 Å². The van der Waals surface area contributed by atoms with E-state index < -0.39 is 5.82 Å². The van der Waals surface area contributed by atoms with Crippen LogP contribution in [0.2, 0.25) is 0 Å². The lowest BCUT2D eigenvalue weighted by Crippen LogP contribution is -2.07. The number of hydrogen-bond acceptors (Lipinski definition) is 4. The normalized spacial score (nSPS) is 10.9. The van der Waals surface area contributed by atoms with Crippen molar-refractivity contribution in [2.24, 2.45) is 0 Å². The second-order valence-electron chi connectivity index (χ2n) is 5.90. The number of aromatic nitrogens is 2. The van der Waals surface area contributed by atoms with Gasteiger partial charge in [0.25, 0.3) is 0 Å². The fourth-order valence-electron chi connectivity index (χ4n) is 3.27. The van der Waals surface area contributed by atoms with Crippen molar-refractivity contribution < 1.29 is 9.13 Å². The molecule has 0 saturated heterocycles. The molecular formula is C19H19FN4O. The predicted molar refractivity (Wildman–Crippen MR) is 95.6 cm³/mol. The number of nitrogens with zero attached hydrogens (tertiary/aromatic N) is 3. The van der Waals surface area contributed by atoms with Gasteiger partial charge in [-0.05, 0) is 31.9 Å². The van der Waals surface area contributed by atoms with Gasteiger partial charge in [-0.2, -0.15) is 5.26 Å². The van der Waals surface area contributed by atoms with Crippen LogP contribution in [0.1, 0.15) is 29.3 Å². The third-order valence-electron chi connectivity index (χ3n) is 4.53. The molecule has 0 bridgehead atoms. The third kappa shape index (κ3) is 2.31. The monoisotopic (exact) mass is 338 g/mol. The summed E-state index contributed by atoms with van der Waals surface area (Å²) in [5.41, 5.74) is 9.55. The predicted octanol–water partition coefficient (Wildman–Crippen LogP) is 3.81. The van der Waals surface area contributed by atoms with E-state index in [-0.39, 0.29) is 16.9 Å². The Morgan fingerprint density at radius 3 is 2.68 bits per heavy atom. The van der Waals surface area contributed by atoms with Crippen LogP contribution in [0.15, 0.2) is 18.3 Å². The lowest BCUT2D eigenvalue weighted by molar-refractivity contribution is 0.411. The van der Waals surface area contributed by atoms with E-state index in [1.165, 1.54) is 6.20 Å². The summed E-state index contributed by atoms with van der Waals surface area (Å²) in [6.45, 7) is 5.64. The minimum absolute atomic E-state index is 0.200. The molecule has 0 spiro atoms. The Morgan fingerprint density at radius 2 is 2.08 bits per heavy atom. The van der Waals surface area contributed by atoms with E-state index in [4.69, 9.17) is 10.5 Å². The molecule has 2 aromatic heterocycles. The zero-order valence-corrected chi connectivity index (χ0v) is 14.6. The molecule has 0 aliphatic carbocycles. The first-order valence-electron chi connectivity index (χ1n) is 7.98. The van der Waals surface area contributed by atoms with Gasteiger partial charge in [0.1, 0.15) is 23.2 Å². The number of methoxy groups -OCH3 is 1. The van der Waals surface area contributed by atoms with Crippen molar-refractivity contribution in [3.05, 3.63) is 46.5 Å². The fraction of sp³-hybridized carbons (Fsp3) is 0.263. The Kier molecular flexibility index (Phi) is 4.09. The van der Waals surface area contributed by atoms with Crippen LogP contribution < -0.4 is 10.5 Å². The van der Waals surface area contributed by atoms with E-state index in [1.807, 2.05) is 32.9 Å².